The molecule has 1 amide bonds. The third-order valence-electron chi connectivity index (χ3n) is 3.40. The minimum Gasteiger partial charge on any atom is -0.497 e. The lowest BCUT2D eigenvalue weighted by molar-refractivity contribution is 0.0982. The van der Waals surface area contributed by atoms with Gasteiger partial charge in [-0.05, 0) is 48.5 Å². The van der Waals surface area contributed by atoms with Crippen LogP contribution in [0.2, 0.25) is 0 Å². The number of nitrogens with zero attached hydrogens (tertiary/aromatic N) is 2. The van der Waals surface area contributed by atoms with Crippen LogP contribution in [0.25, 0.3) is 0 Å². The molecule has 0 spiro atoms. The summed E-state index contributed by atoms with van der Waals surface area (Å²) < 4.78 is 10.5. The van der Waals surface area contributed by atoms with E-state index in [1.165, 1.54) is 0 Å². The van der Waals surface area contributed by atoms with Crippen molar-refractivity contribution in [3.8, 4) is 5.75 Å². The maximum Gasteiger partial charge on any atom is 0.259 e. The van der Waals surface area contributed by atoms with Gasteiger partial charge in [-0.2, -0.15) is 0 Å². The smallest absolute Gasteiger partial charge is 0.259 e. The first kappa shape index (κ1) is 14.8. The van der Waals surface area contributed by atoms with Gasteiger partial charge in [0.05, 0.1) is 19.9 Å². The first-order chi connectivity index (χ1) is 11.3. The van der Waals surface area contributed by atoms with Crippen LogP contribution in [0.15, 0.2) is 71.5 Å². The van der Waals surface area contributed by atoms with Crippen molar-refractivity contribution in [2.45, 2.75) is 6.54 Å². The quantitative estimate of drug-likeness (QED) is 0.723. The molecular formula is C18H16N2O3. The highest BCUT2D eigenvalue weighted by Gasteiger charge is 2.20. The molecule has 0 aliphatic carbocycles. The number of furan rings is 1. The number of hydrogen-bond acceptors (Lipinski definition) is 4. The fourth-order valence-corrected chi connectivity index (χ4v) is 2.22. The number of methoxy groups -OCH3 is 1. The molecule has 0 saturated carbocycles. The third-order valence-corrected chi connectivity index (χ3v) is 3.40. The summed E-state index contributed by atoms with van der Waals surface area (Å²) >= 11 is 0. The van der Waals surface area contributed by atoms with Gasteiger partial charge in [-0.1, -0.05) is 6.07 Å². The lowest BCUT2D eigenvalue weighted by Crippen LogP contribution is -2.30. The maximum atomic E-state index is 12.9. The van der Waals surface area contributed by atoms with Gasteiger partial charge in [0.2, 0.25) is 0 Å². The van der Waals surface area contributed by atoms with Gasteiger partial charge in [-0.3, -0.25) is 9.69 Å². The predicted molar refractivity (Wildman–Crippen MR) is 86.5 cm³/mol. The topological polar surface area (TPSA) is 55.6 Å². The Balaban J connectivity index is 1.91. The van der Waals surface area contributed by atoms with Crippen LogP contribution in [-0.2, 0) is 6.54 Å². The zero-order valence-corrected chi connectivity index (χ0v) is 12.7. The lowest BCUT2D eigenvalue weighted by Gasteiger charge is -2.20. The van der Waals surface area contributed by atoms with Gasteiger partial charge in [0.15, 0.2) is 0 Å². The second kappa shape index (κ2) is 6.79. The van der Waals surface area contributed by atoms with Crippen LogP contribution >= 0.6 is 0 Å². The summed E-state index contributed by atoms with van der Waals surface area (Å²) in [6.07, 6.45) is 3.25. The summed E-state index contributed by atoms with van der Waals surface area (Å²) in [6.45, 7) is 0.314. The molecule has 0 unspecified atom stereocenters. The van der Waals surface area contributed by atoms with Gasteiger partial charge in [-0.15, -0.1) is 0 Å². The van der Waals surface area contributed by atoms with Crippen molar-refractivity contribution >= 4 is 11.7 Å². The maximum absolute atomic E-state index is 12.9. The van der Waals surface area contributed by atoms with Crippen molar-refractivity contribution in [3.05, 3.63) is 78.4 Å². The number of amides is 1. The number of aromatic nitrogens is 1. The molecule has 116 valence electrons. The first-order valence-electron chi connectivity index (χ1n) is 7.17. The molecule has 0 atom stereocenters. The Labute approximate surface area is 134 Å². The van der Waals surface area contributed by atoms with Gasteiger partial charge < -0.3 is 9.15 Å². The molecule has 0 N–H and O–H groups in total. The molecule has 0 bridgehead atoms. The van der Waals surface area contributed by atoms with Crippen LogP contribution in [0.1, 0.15) is 16.1 Å². The number of benzene rings is 1. The number of carbonyl (C=O) groups excluding carboxylic acids is 1. The highest BCUT2D eigenvalue weighted by Crippen LogP contribution is 2.19. The largest absolute Gasteiger partial charge is 0.497 e. The Morgan fingerprint density at radius 2 is 1.96 bits per heavy atom. The van der Waals surface area contributed by atoms with Crippen molar-refractivity contribution in [2.75, 3.05) is 12.0 Å². The van der Waals surface area contributed by atoms with Crippen LogP contribution in [0.4, 0.5) is 5.82 Å². The van der Waals surface area contributed by atoms with Gasteiger partial charge >= 0.3 is 0 Å². The molecular weight excluding hydrogens is 292 g/mol. The number of pyridine rings is 1. The van der Waals surface area contributed by atoms with Crippen molar-refractivity contribution in [2.24, 2.45) is 0 Å². The lowest BCUT2D eigenvalue weighted by atomic mass is 10.2. The van der Waals surface area contributed by atoms with E-state index in [2.05, 4.69) is 4.98 Å². The van der Waals surface area contributed by atoms with Crippen molar-refractivity contribution < 1.29 is 13.9 Å². The molecule has 2 aromatic heterocycles. The van der Waals surface area contributed by atoms with E-state index >= 15 is 0 Å². The van der Waals surface area contributed by atoms with Crippen LogP contribution in [0, 0.1) is 0 Å². The average molecular weight is 308 g/mol. The Morgan fingerprint density at radius 1 is 1.13 bits per heavy atom. The van der Waals surface area contributed by atoms with E-state index in [0.717, 1.165) is 0 Å². The Morgan fingerprint density at radius 3 is 2.57 bits per heavy atom. The molecule has 0 fully saturated rings. The molecule has 0 aliphatic heterocycles. The van der Waals surface area contributed by atoms with E-state index in [9.17, 15) is 4.79 Å². The zero-order chi connectivity index (χ0) is 16.1. The van der Waals surface area contributed by atoms with E-state index in [-0.39, 0.29) is 5.91 Å². The normalized spacial score (nSPS) is 10.3. The van der Waals surface area contributed by atoms with Crippen LogP contribution in [0.5, 0.6) is 5.75 Å². The van der Waals surface area contributed by atoms with Crippen LogP contribution in [0.3, 0.4) is 0 Å². The molecule has 0 radical (unpaired) electrons. The summed E-state index contributed by atoms with van der Waals surface area (Å²) in [7, 11) is 1.59. The van der Waals surface area contributed by atoms with Crippen molar-refractivity contribution in [1.29, 1.82) is 0 Å². The molecule has 0 saturated heterocycles. The first-order valence-corrected chi connectivity index (χ1v) is 7.17. The second-order valence-corrected chi connectivity index (χ2v) is 4.89. The summed E-state index contributed by atoms with van der Waals surface area (Å²) in [5, 5.41) is 0. The predicted octanol–water partition coefficient (Wildman–Crippen LogP) is 3.53. The SMILES string of the molecule is COc1ccc(C(=O)N(Cc2ccco2)c2ccccn2)cc1. The zero-order valence-electron chi connectivity index (χ0n) is 12.7. The summed E-state index contributed by atoms with van der Waals surface area (Å²) in [5.74, 6) is 1.82. The monoisotopic (exact) mass is 308 g/mol. The van der Waals surface area contributed by atoms with Crippen LogP contribution in [-0.4, -0.2) is 18.0 Å². The summed E-state index contributed by atoms with van der Waals surface area (Å²) in [4.78, 5) is 18.7. The number of hydrogen-bond donors (Lipinski definition) is 0. The number of anilines is 1. The minimum absolute atomic E-state index is 0.150. The average Bonchev–Trinajstić information content (AvgIpc) is 3.13. The van der Waals surface area contributed by atoms with Crippen molar-refractivity contribution in [1.82, 2.24) is 4.98 Å². The van der Waals surface area contributed by atoms with E-state index < -0.39 is 0 Å². The van der Waals surface area contributed by atoms with Gasteiger partial charge in [0.25, 0.3) is 5.91 Å². The highest BCUT2D eigenvalue weighted by atomic mass is 16.5. The Kier molecular flexibility index (Phi) is 4.38. The van der Waals surface area contributed by atoms with Gasteiger partial charge in [0, 0.05) is 11.8 Å². The number of carbonyl (C=O) groups is 1. The molecule has 0 aliphatic rings. The molecule has 2 heterocycles. The summed E-state index contributed by atoms with van der Waals surface area (Å²) in [6, 6.07) is 16.1. The Hall–Kier alpha value is -3.08. The standard InChI is InChI=1S/C18H16N2O3/c1-22-15-9-7-14(8-10-15)18(21)20(13-16-5-4-12-23-16)17-6-2-3-11-19-17/h2-12H,13H2,1H3. The molecule has 5 heteroatoms. The summed E-state index contributed by atoms with van der Waals surface area (Å²) in [5.41, 5.74) is 0.558. The fraction of sp³-hybridized carbons (Fsp3) is 0.111. The van der Waals surface area contributed by atoms with Crippen LogP contribution < -0.4 is 9.64 Å². The van der Waals surface area contributed by atoms with Gasteiger partial charge in [0.1, 0.15) is 17.3 Å². The molecule has 3 aromatic rings. The molecule has 23 heavy (non-hydrogen) atoms. The van der Waals surface area contributed by atoms with E-state index in [4.69, 9.17) is 9.15 Å². The molecule has 1 aromatic carbocycles. The van der Waals surface area contributed by atoms with E-state index in [1.807, 2.05) is 18.2 Å². The van der Waals surface area contributed by atoms with Crippen molar-refractivity contribution in [3.63, 3.8) is 0 Å². The minimum atomic E-state index is -0.150. The highest BCUT2D eigenvalue weighted by molar-refractivity contribution is 6.05. The number of rotatable bonds is 5. The third kappa shape index (κ3) is 3.40. The van der Waals surface area contributed by atoms with Gasteiger partial charge in [-0.25, -0.2) is 4.98 Å². The molecule has 5 nitrogen and oxygen atoms in total. The van der Waals surface area contributed by atoms with E-state index in [0.29, 0.717) is 29.4 Å². The molecule has 3 rings (SSSR count). The number of ether oxygens (including phenoxy) is 1. The second-order valence-electron chi connectivity index (χ2n) is 4.89. The van der Waals surface area contributed by atoms with E-state index in [1.54, 1.807) is 60.9 Å². The Bertz CT molecular complexity index is 753. The fourth-order valence-electron chi connectivity index (χ4n) is 2.22.